The van der Waals surface area contributed by atoms with Crippen LogP contribution in [0.1, 0.15) is 26.7 Å². The molecule has 0 aliphatic heterocycles. The Hall–Kier alpha value is -6.58. The number of anilines is 2. The number of thioether (sulfide) groups is 1. The highest BCUT2D eigenvalue weighted by molar-refractivity contribution is 8.00. The highest BCUT2D eigenvalue weighted by Crippen LogP contribution is 2.37. The van der Waals surface area contributed by atoms with E-state index in [1.807, 2.05) is 103 Å². The molecular weight excluding hydrogens is 671 g/mol. The van der Waals surface area contributed by atoms with Crippen molar-refractivity contribution in [3.8, 4) is 17.2 Å². The number of rotatable bonds is 13. The predicted molar refractivity (Wildman–Crippen MR) is 207 cm³/mol. The van der Waals surface area contributed by atoms with Crippen LogP contribution in [0.5, 0.6) is 17.2 Å². The van der Waals surface area contributed by atoms with Crippen LogP contribution in [0, 0.1) is 0 Å². The number of methoxy groups -OCH3 is 1. The number of ether oxygens (including phenoxy) is 2. The molecule has 6 aromatic carbocycles. The summed E-state index contributed by atoms with van der Waals surface area (Å²) in [6, 6.07) is 49.3. The quantitative estimate of drug-likeness (QED) is 0.0817. The standard InChI is InChI=1S/C43H35N3O5S/c1-50-39-20-12-11-17-32(39)29-38(46-41(47)31-15-7-3-8-16-31)42(48)44-34-23-27-37(28-24-34)52-40(30-13-5-2-6-14-30)43(49)45-33-21-25-36(26-22-33)51-35-18-9-4-10-19-35/h2-29,40H,1H3,(H,44,48)(H,45,49)(H,46,47)/b38-29-. The second-order valence-electron chi connectivity index (χ2n) is 11.4. The lowest BCUT2D eigenvalue weighted by atomic mass is 10.1. The van der Waals surface area contributed by atoms with Crippen molar-refractivity contribution >= 4 is 46.9 Å². The Morgan fingerprint density at radius 2 is 1.17 bits per heavy atom. The van der Waals surface area contributed by atoms with Crippen LogP contribution in [0.15, 0.2) is 174 Å². The molecule has 0 spiro atoms. The molecule has 9 heteroatoms. The Kier molecular flexibility index (Phi) is 11.8. The summed E-state index contributed by atoms with van der Waals surface area (Å²) in [6.45, 7) is 0. The molecule has 6 rings (SSSR count). The minimum Gasteiger partial charge on any atom is -0.496 e. The van der Waals surface area contributed by atoms with Crippen LogP contribution in [-0.2, 0) is 9.59 Å². The van der Waals surface area contributed by atoms with E-state index < -0.39 is 17.1 Å². The van der Waals surface area contributed by atoms with E-state index >= 15 is 0 Å². The maximum absolute atomic E-state index is 13.7. The number of hydrogen-bond acceptors (Lipinski definition) is 6. The van der Waals surface area contributed by atoms with Gasteiger partial charge in [0, 0.05) is 27.4 Å². The summed E-state index contributed by atoms with van der Waals surface area (Å²) in [5.41, 5.74) is 3.06. The van der Waals surface area contributed by atoms with Gasteiger partial charge in [0.15, 0.2) is 0 Å². The van der Waals surface area contributed by atoms with Gasteiger partial charge >= 0.3 is 0 Å². The van der Waals surface area contributed by atoms with Crippen molar-refractivity contribution in [1.29, 1.82) is 0 Å². The number of para-hydroxylation sites is 2. The Bertz CT molecular complexity index is 2140. The normalized spacial score (nSPS) is 11.5. The Morgan fingerprint density at radius 1 is 0.615 bits per heavy atom. The zero-order chi connectivity index (χ0) is 36.1. The fourth-order valence-corrected chi connectivity index (χ4v) is 6.20. The molecule has 3 N–H and O–H groups in total. The highest BCUT2D eigenvalue weighted by Gasteiger charge is 2.23. The van der Waals surface area contributed by atoms with Crippen LogP contribution in [0.4, 0.5) is 11.4 Å². The molecule has 258 valence electrons. The summed E-state index contributed by atoms with van der Waals surface area (Å²) < 4.78 is 11.3. The number of carbonyl (C=O) groups excluding carboxylic acids is 3. The van der Waals surface area contributed by atoms with E-state index in [4.69, 9.17) is 9.47 Å². The first-order valence-corrected chi connectivity index (χ1v) is 17.3. The average Bonchev–Trinajstić information content (AvgIpc) is 3.19. The summed E-state index contributed by atoms with van der Waals surface area (Å²) in [6.07, 6.45) is 1.58. The van der Waals surface area contributed by atoms with Crippen LogP contribution in [0.25, 0.3) is 6.08 Å². The SMILES string of the molecule is COc1ccccc1/C=C(\NC(=O)c1ccccc1)C(=O)Nc1ccc(SC(C(=O)Nc2ccc(Oc3ccccc3)cc2)c2ccccc2)cc1. The van der Waals surface area contributed by atoms with E-state index in [1.54, 1.807) is 73.8 Å². The van der Waals surface area contributed by atoms with Gasteiger partial charge in [-0.25, -0.2) is 0 Å². The van der Waals surface area contributed by atoms with E-state index in [0.717, 1.165) is 16.2 Å². The number of nitrogens with one attached hydrogen (secondary N) is 3. The second kappa shape index (κ2) is 17.4. The van der Waals surface area contributed by atoms with Gasteiger partial charge in [-0.3, -0.25) is 14.4 Å². The topological polar surface area (TPSA) is 106 Å². The summed E-state index contributed by atoms with van der Waals surface area (Å²) >= 11 is 1.39. The molecule has 0 saturated heterocycles. The van der Waals surface area contributed by atoms with Gasteiger partial charge in [0.05, 0.1) is 7.11 Å². The second-order valence-corrected chi connectivity index (χ2v) is 12.6. The minimum absolute atomic E-state index is 0.0391. The minimum atomic E-state index is -0.564. The fraction of sp³-hybridized carbons (Fsp3) is 0.0465. The zero-order valence-electron chi connectivity index (χ0n) is 28.2. The summed E-state index contributed by atoms with van der Waals surface area (Å²) in [5, 5.41) is 8.11. The van der Waals surface area contributed by atoms with Crippen LogP contribution >= 0.6 is 11.8 Å². The molecule has 0 bridgehead atoms. The maximum atomic E-state index is 13.7. The van der Waals surface area contributed by atoms with Gasteiger partial charge in [0.25, 0.3) is 11.8 Å². The highest BCUT2D eigenvalue weighted by atomic mass is 32.2. The van der Waals surface area contributed by atoms with Gasteiger partial charge < -0.3 is 25.4 Å². The van der Waals surface area contributed by atoms with Crippen molar-refractivity contribution in [3.63, 3.8) is 0 Å². The zero-order valence-corrected chi connectivity index (χ0v) is 29.0. The average molecular weight is 706 g/mol. The molecule has 0 heterocycles. The van der Waals surface area contributed by atoms with E-state index in [9.17, 15) is 14.4 Å². The van der Waals surface area contributed by atoms with Gasteiger partial charge in [-0.05, 0) is 90.5 Å². The molecular formula is C43H35N3O5S. The van der Waals surface area contributed by atoms with Crippen molar-refractivity contribution < 1.29 is 23.9 Å². The van der Waals surface area contributed by atoms with E-state index in [2.05, 4.69) is 16.0 Å². The van der Waals surface area contributed by atoms with Gasteiger partial charge in [-0.15, -0.1) is 11.8 Å². The lowest BCUT2D eigenvalue weighted by Gasteiger charge is -2.18. The van der Waals surface area contributed by atoms with E-state index in [1.165, 1.54) is 11.8 Å². The van der Waals surface area contributed by atoms with Crippen LogP contribution < -0.4 is 25.4 Å². The number of hydrogen-bond donors (Lipinski definition) is 3. The molecule has 6 aromatic rings. The molecule has 8 nitrogen and oxygen atoms in total. The summed E-state index contributed by atoms with van der Waals surface area (Å²) in [5.74, 6) is 0.804. The molecule has 0 fully saturated rings. The third-order valence-electron chi connectivity index (χ3n) is 7.77. The molecule has 0 radical (unpaired) electrons. The van der Waals surface area contributed by atoms with Crippen LogP contribution in [0.3, 0.4) is 0 Å². The summed E-state index contributed by atoms with van der Waals surface area (Å²) in [7, 11) is 1.54. The number of carbonyl (C=O) groups is 3. The van der Waals surface area contributed by atoms with Gasteiger partial charge in [-0.2, -0.15) is 0 Å². The third-order valence-corrected chi connectivity index (χ3v) is 9.04. The van der Waals surface area contributed by atoms with Crippen molar-refractivity contribution in [2.24, 2.45) is 0 Å². The Balaban J connectivity index is 1.16. The molecule has 0 aromatic heterocycles. The van der Waals surface area contributed by atoms with E-state index in [-0.39, 0.29) is 11.6 Å². The molecule has 0 saturated carbocycles. The van der Waals surface area contributed by atoms with Gasteiger partial charge in [0.1, 0.15) is 28.2 Å². The Morgan fingerprint density at radius 3 is 1.85 bits per heavy atom. The lowest BCUT2D eigenvalue weighted by molar-refractivity contribution is -0.116. The van der Waals surface area contributed by atoms with Gasteiger partial charge in [0.2, 0.25) is 5.91 Å². The smallest absolute Gasteiger partial charge is 0.272 e. The molecule has 52 heavy (non-hydrogen) atoms. The number of benzene rings is 6. The van der Waals surface area contributed by atoms with Crippen molar-refractivity contribution in [1.82, 2.24) is 5.32 Å². The van der Waals surface area contributed by atoms with Crippen molar-refractivity contribution in [3.05, 3.63) is 186 Å². The molecule has 1 atom stereocenters. The van der Waals surface area contributed by atoms with Gasteiger partial charge in [-0.1, -0.05) is 84.9 Å². The van der Waals surface area contributed by atoms with E-state index in [0.29, 0.717) is 34.0 Å². The Labute approximate surface area is 306 Å². The molecule has 1 unspecified atom stereocenters. The lowest BCUT2D eigenvalue weighted by Crippen LogP contribution is -2.30. The fourth-order valence-electron chi connectivity index (χ4n) is 5.17. The third kappa shape index (κ3) is 9.56. The monoisotopic (exact) mass is 705 g/mol. The first kappa shape index (κ1) is 35.3. The number of amides is 3. The molecule has 0 aliphatic carbocycles. The first-order chi connectivity index (χ1) is 25.4. The van der Waals surface area contributed by atoms with Crippen LogP contribution in [0.2, 0.25) is 0 Å². The summed E-state index contributed by atoms with van der Waals surface area (Å²) in [4.78, 5) is 41.2. The van der Waals surface area contributed by atoms with Crippen LogP contribution in [-0.4, -0.2) is 24.8 Å². The largest absolute Gasteiger partial charge is 0.496 e. The maximum Gasteiger partial charge on any atom is 0.272 e. The predicted octanol–water partition coefficient (Wildman–Crippen LogP) is 9.37. The first-order valence-electron chi connectivity index (χ1n) is 16.4. The van der Waals surface area contributed by atoms with Crippen molar-refractivity contribution in [2.75, 3.05) is 17.7 Å². The molecule has 3 amide bonds. The van der Waals surface area contributed by atoms with Crippen molar-refractivity contribution in [2.45, 2.75) is 10.1 Å². The molecule has 0 aliphatic rings.